The van der Waals surface area contributed by atoms with Gasteiger partial charge < -0.3 is 10.2 Å². The Morgan fingerprint density at radius 2 is 0.591 bits per heavy atom. The van der Waals surface area contributed by atoms with Crippen LogP contribution in [0.3, 0.4) is 0 Å². The largest absolute Gasteiger partial charge is 0.507 e. The molecule has 0 radical (unpaired) electrons. The Morgan fingerprint density at radius 1 is 0.364 bits per heavy atom. The number of hydrogen-bond acceptors (Lipinski definition) is 2. The topological polar surface area (TPSA) is 40.5 Å². The third-order valence-electron chi connectivity index (χ3n) is 9.01. The number of hydrogen-bond donors (Lipinski definition) is 2. The van der Waals surface area contributed by atoms with E-state index in [0.717, 1.165) is 77.9 Å². The molecule has 2 heteroatoms. The zero-order chi connectivity index (χ0) is 31.0. The molecular formula is C42H38O2. The highest BCUT2D eigenvalue weighted by atomic mass is 16.3. The van der Waals surface area contributed by atoms with Crippen molar-refractivity contribution in [2.24, 2.45) is 0 Å². The Balaban J connectivity index is 1.61. The van der Waals surface area contributed by atoms with Crippen molar-refractivity contribution in [3.63, 3.8) is 0 Å². The summed E-state index contributed by atoms with van der Waals surface area (Å²) in [6.07, 6.45) is 0. The van der Waals surface area contributed by atoms with Crippen molar-refractivity contribution >= 4 is 0 Å². The van der Waals surface area contributed by atoms with Crippen LogP contribution in [0.15, 0.2) is 121 Å². The lowest BCUT2D eigenvalue weighted by molar-refractivity contribution is 0.479. The SMILES string of the molecule is Cc1ccccc1-c1cc(C(C)c2cc(-c3ccccc3C)c(O)c(-c3ccccc3C)c2)cc(-c2ccccc2C)c1O. The summed E-state index contributed by atoms with van der Waals surface area (Å²) in [6.45, 7) is 10.6. The third kappa shape index (κ3) is 5.29. The van der Waals surface area contributed by atoms with Crippen LogP contribution in [0.4, 0.5) is 0 Å². The molecule has 0 bridgehead atoms. The molecule has 0 unspecified atom stereocenters. The second-order valence-corrected chi connectivity index (χ2v) is 11.9. The summed E-state index contributed by atoms with van der Waals surface area (Å²) >= 11 is 0. The van der Waals surface area contributed by atoms with Gasteiger partial charge in [-0.05, 0) is 108 Å². The fourth-order valence-corrected chi connectivity index (χ4v) is 6.33. The molecule has 2 nitrogen and oxygen atoms in total. The van der Waals surface area contributed by atoms with E-state index < -0.39 is 0 Å². The Kier molecular flexibility index (Phi) is 7.84. The van der Waals surface area contributed by atoms with Crippen LogP contribution >= 0.6 is 0 Å². The predicted molar refractivity (Wildman–Crippen MR) is 184 cm³/mol. The molecule has 0 heterocycles. The van der Waals surface area contributed by atoms with Gasteiger partial charge in [0, 0.05) is 28.2 Å². The van der Waals surface area contributed by atoms with Gasteiger partial charge in [0.15, 0.2) is 0 Å². The Hall–Kier alpha value is -5.08. The first kappa shape index (κ1) is 29.0. The minimum atomic E-state index is -0.0349. The maximum absolute atomic E-state index is 11.8. The average molecular weight is 575 g/mol. The molecule has 0 aliphatic rings. The van der Waals surface area contributed by atoms with Crippen molar-refractivity contribution in [1.29, 1.82) is 0 Å². The van der Waals surface area contributed by atoms with Crippen LogP contribution < -0.4 is 0 Å². The van der Waals surface area contributed by atoms with E-state index >= 15 is 0 Å². The van der Waals surface area contributed by atoms with Crippen molar-refractivity contribution in [3.8, 4) is 56.0 Å². The van der Waals surface area contributed by atoms with E-state index in [1.54, 1.807) is 0 Å². The van der Waals surface area contributed by atoms with Gasteiger partial charge in [0.1, 0.15) is 11.5 Å². The molecule has 0 amide bonds. The normalized spacial score (nSPS) is 11.2. The van der Waals surface area contributed by atoms with Crippen LogP contribution in [-0.2, 0) is 0 Å². The van der Waals surface area contributed by atoms with Gasteiger partial charge in [0.05, 0.1) is 0 Å². The van der Waals surface area contributed by atoms with E-state index in [0.29, 0.717) is 0 Å². The molecule has 0 atom stereocenters. The second kappa shape index (κ2) is 11.9. The minimum Gasteiger partial charge on any atom is -0.507 e. The van der Waals surface area contributed by atoms with Crippen molar-refractivity contribution in [2.45, 2.75) is 40.5 Å². The van der Waals surface area contributed by atoms with Gasteiger partial charge in [0.25, 0.3) is 0 Å². The zero-order valence-corrected chi connectivity index (χ0v) is 26.0. The highest BCUT2D eigenvalue weighted by Crippen LogP contribution is 2.46. The van der Waals surface area contributed by atoms with Crippen molar-refractivity contribution < 1.29 is 10.2 Å². The van der Waals surface area contributed by atoms with Gasteiger partial charge in [0.2, 0.25) is 0 Å². The molecular weight excluding hydrogens is 536 g/mol. The quantitative estimate of drug-likeness (QED) is 0.208. The molecule has 6 aromatic carbocycles. The van der Waals surface area contributed by atoms with Crippen LogP contribution in [-0.4, -0.2) is 10.2 Å². The maximum Gasteiger partial charge on any atom is 0.131 e. The van der Waals surface area contributed by atoms with E-state index in [9.17, 15) is 10.2 Å². The van der Waals surface area contributed by atoms with Gasteiger partial charge in [-0.3, -0.25) is 0 Å². The smallest absolute Gasteiger partial charge is 0.131 e. The summed E-state index contributed by atoms with van der Waals surface area (Å²) in [6, 6.07) is 41.4. The van der Waals surface area contributed by atoms with E-state index in [2.05, 4.69) is 107 Å². The Bertz CT molecular complexity index is 1720. The van der Waals surface area contributed by atoms with E-state index in [1.807, 2.05) is 48.5 Å². The molecule has 0 saturated carbocycles. The van der Waals surface area contributed by atoms with Crippen LogP contribution in [0.5, 0.6) is 11.5 Å². The lowest BCUT2D eigenvalue weighted by atomic mass is 9.83. The summed E-state index contributed by atoms with van der Waals surface area (Å²) in [5, 5.41) is 23.5. The molecule has 0 fully saturated rings. The standard InChI is InChI=1S/C42H38O2/c1-26-14-6-10-18-33(26)37-22-31(23-38(41(37)43)34-19-11-7-15-27(34)2)30(5)32-24-39(35-20-12-8-16-28(35)3)42(44)40(25-32)36-21-13-9-17-29(36)4/h6-25,30,43-44H,1-5H3. The summed E-state index contributed by atoms with van der Waals surface area (Å²) in [7, 11) is 0. The monoisotopic (exact) mass is 574 g/mol. The highest BCUT2D eigenvalue weighted by Gasteiger charge is 2.22. The van der Waals surface area contributed by atoms with Crippen LogP contribution in [0, 0.1) is 27.7 Å². The van der Waals surface area contributed by atoms with E-state index in [1.165, 1.54) is 0 Å². The molecule has 0 aliphatic carbocycles. The van der Waals surface area contributed by atoms with Gasteiger partial charge >= 0.3 is 0 Å². The van der Waals surface area contributed by atoms with Crippen molar-refractivity contribution in [1.82, 2.24) is 0 Å². The lowest BCUT2D eigenvalue weighted by Crippen LogP contribution is -2.01. The van der Waals surface area contributed by atoms with Gasteiger partial charge in [-0.1, -0.05) is 104 Å². The second-order valence-electron chi connectivity index (χ2n) is 11.9. The zero-order valence-electron chi connectivity index (χ0n) is 26.0. The summed E-state index contributed by atoms with van der Waals surface area (Å²) < 4.78 is 0. The molecule has 2 N–H and O–H groups in total. The van der Waals surface area contributed by atoms with Crippen molar-refractivity contribution in [2.75, 3.05) is 0 Å². The first-order valence-corrected chi connectivity index (χ1v) is 15.2. The predicted octanol–water partition coefficient (Wildman–Crippen LogP) is 11.2. The third-order valence-corrected chi connectivity index (χ3v) is 9.01. The average Bonchev–Trinajstić information content (AvgIpc) is 3.03. The number of aromatic hydroxyl groups is 2. The molecule has 0 spiro atoms. The van der Waals surface area contributed by atoms with E-state index in [-0.39, 0.29) is 17.4 Å². The molecule has 0 saturated heterocycles. The van der Waals surface area contributed by atoms with Crippen LogP contribution in [0.1, 0.15) is 46.2 Å². The number of phenolic OH excluding ortho intramolecular Hbond substituents is 2. The number of phenols is 2. The molecule has 218 valence electrons. The molecule has 6 rings (SSSR count). The van der Waals surface area contributed by atoms with Gasteiger partial charge in [-0.15, -0.1) is 0 Å². The number of rotatable bonds is 6. The fraction of sp³-hybridized carbons (Fsp3) is 0.143. The maximum atomic E-state index is 11.8. The van der Waals surface area contributed by atoms with Crippen LogP contribution in [0.2, 0.25) is 0 Å². The molecule has 44 heavy (non-hydrogen) atoms. The Morgan fingerprint density at radius 3 is 0.818 bits per heavy atom. The van der Waals surface area contributed by atoms with Gasteiger partial charge in [-0.2, -0.15) is 0 Å². The summed E-state index contributed by atoms with van der Waals surface area (Å²) in [4.78, 5) is 0. The molecule has 0 aliphatic heterocycles. The first-order chi connectivity index (χ1) is 21.2. The number of benzene rings is 6. The van der Waals surface area contributed by atoms with E-state index in [4.69, 9.17) is 0 Å². The molecule has 6 aromatic rings. The summed E-state index contributed by atoms with van der Waals surface area (Å²) in [5.74, 6) is 0.542. The number of aryl methyl sites for hydroxylation is 4. The van der Waals surface area contributed by atoms with Crippen LogP contribution in [0.25, 0.3) is 44.5 Å². The molecule has 0 aromatic heterocycles. The Labute approximate surface area is 260 Å². The minimum absolute atomic E-state index is 0.0349. The fourth-order valence-electron chi connectivity index (χ4n) is 6.33. The summed E-state index contributed by atoms with van der Waals surface area (Å²) in [5.41, 5.74) is 14.0. The van der Waals surface area contributed by atoms with Gasteiger partial charge in [-0.25, -0.2) is 0 Å². The highest BCUT2D eigenvalue weighted by molar-refractivity contribution is 5.87. The lowest BCUT2D eigenvalue weighted by Gasteiger charge is -2.22. The van der Waals surface area contributed by atoms with Crippen molar-refractivity contribution in [3.05, 3.63) is 155 Å². The first-order valence-electron chi connectivity index (χ1n) is 15.2.